The molecule has 6 heteroatoms. The number of alkyl halides is 1. The lowest BCUT2D eigenvalue weighted by molar-refractivity contribution is -0.117. The number of likely N-dealkylation sites (N-methyl/N-ethyl adjacent to an activating group) is 1. The molecule has 1 aromatic rings. The van der Waals surface area contributed by atoms with Crippen molar-refractivity contribution in [1.29, 1.82) is 0 Å². The SMILES string of the molecule is CN1CCN(C(=O)c2ccc(C#CNC(=O)CBr)cc2)CC1. The van der Waals surface area contributed by atoms with Crippen LogP contribution in [-0.4, -0.2) is 60.2 Å². The molecule has 5 nitrogen and oxygen atoms in total. The Labute approximate surface area is 138 Å². The zero-order valence-electron chi connectivity index (χ0n) is 12.4. The third-order valence-corrected chi connectivity index (χ3v) is 3.96. The second kappa shape index (κ2) is 7.97. The molecule has 0 spiro atoms. The Morgan fingerprint density at radius 2 is 1.82 bits per heavy atom. The molecular formula is C16H18BrN3O2. The summed E-state index contributed by atoms with van der Waals surface area (Å²) >= 11 is 3.04. The highest BCUT2D eigenvalue weighted by molar-refractivity contribution is 9.09. The predicted molar refractivity (Wildman–Crippen MR) is 88.7 cm³/mol. The third-order valence-electron chi connectivity index (χ3n) is 3.45. The number of amides is 2. The molecule has 1 aliphatic heterocycles. The van der Waals surface area contributed by atoms with Gasteiger partial charge in [0.25, 0.3) is 5.91 Å². The summed E-state index contributed by atoms with van der Waals surface area (Å²) in [6.45, 7) is 3.33. The van der Waals surface area contributed by atoms with Gasteiger partial charge >= 0.3 is 0 Å². The van der Waals surface area contributed by atoms with E-state index in [-0.39, 0.29) is 17.1 Å². The molecule has 22 heavy (non-hydrogen) atoms. The van der Waals surface area contributed by atoms with Crippen molar-refractivity contribution >= 4 is 27.7 Å². The smallest absolute Gasteiger partial charge is 0.253 e. The van der Waals surface area contributed by atoms with Crippen molar-refractivity contribution in [3.05, 3.63) is 35.4 Å². The van der Waals surface area contributed by atoms with Crippen molar-refractivity contribution in [2.75, 3.05) is 38.6 Å². The zero-order chi connectivity index (χ0) is 15.9. The van der Waals surface area contributed by atoms with E-state index in [2.05, 4.69) is 45.2 Å². The van der Waals surface area contributed by atoms with Gasteiger partial charge in [-0.1, -0.05) is 15.9 Å². The van der Waals surface area contributed by atoms with Gasteiger partial charge in [0.2, 0.25) is 5.91 Å². The van der Waals surface area contributed by atoms with Crippen LogP contribution in [0.25, 0.3) is 0 Å². The monoisotopic (exact) mass is 363 g/mol. The van der Waals surface area contributed by atoms with Crippen molar-refractivity contribution < 1.29 is 9.59 Å². The van der Waals surface area contributed by atoms with Gasteiger partial charge in [-0.05, 0) is 37.2 Å². The molecule has 1 N–H and O–H groups in total. The molecule has 1 saturated heterocycles. The van der Waals surface area contributed by atoms with Gasteiger partial charge in [-0.15, -0.1) is 0 Å². The molecule has 0 aliphatic carbocycles. The summed E-state index contributed by atoms with van der Waals surface area (Å²) in [7, 11) is 2.06. The van der Waals surface area contributed by atoms with Gasteiger partial charge in [-0.3, -0.25) is 14.9 Å². The zero-order valence-corrected chi connectivity index (χ0v) is 14.0. The minimum Gasteiger partial charge on any atom is -0.336 e. The quantitative estimate of drug-likeness (QED) is 0.482. The van der Waals surface area contributed by atoms with Gasteiger partial charge in [0.1, 0.15) is 0 Å². The molecule has 0 radical (unpaired) electrons. The molecule has 0 saturated carbocycles. The van der Waals surface area contributed by atoms with Crippen LogP contribution >= 0.6 is 15.9 Å². The summed E-state index contributed by atoms with van der Waals surface area (Å²) in [6, 6.07) is 9.72. The predicted octanol–water partition coefficient (Wildman–Crippen LogP) is 0.894. The second-order valence-corrected chi connectivity index (χ2v) is 5.67. The number of carbonyl (C=O) groups excluding carboxylic acids is 2. The summed E-state index contributed by atoms with van der Waals surface area (Å²) in [4.78, 5) is 27.5. The number of hydrogen-bond donors (Lipinski definition) is 1. The number of piperazine rings is 1. The van der Waals surface area contributed by atoms with E-state index in [1.165, 1.54) is 0 Å². The first-order chi connectivity index (χ1) is 10.6. The van der Waals surface area contributed by atoms with E-state index in [0.717, 1.165) is 31.7 Å². The van der Waals surface area contributed by atoms with E-state index in [0.29, 0.717) is 5.56 Å². The molecule has 116 valence electrons. The average molecular weight is 364 g/mol. The minimum absolute atomic E-state index is 0.0557. The van der Waals surface area contributed by atoms with E-state index in [1.807, 2.05) is 4.90 Å². The number of halogens is 1. The molecule has 1 heterocycles. The largest absolute Gasteiger partial charge is 0.336 e. The number of benzene rings is 1. The molecule has 0 aromatic heterocycles. The number of nitrogens with one attached hydrogen (secondary N) is 1. The maximum Gasteiger partial charge on any atom is 0.253 e. The van der Waals surface area contributed by atoms with E-state index in [4.69, 9.17) is 0 Å². The van der Waals surface area contributed by atoms with Crippen LogP contribution in [0.2, 0.25) is 0 Å². The van der Waals surface area contributed by atoms with Crippen LogP contribution in [0.3, 0.4) is 0 Å². The van der Waals surface area contributed by atoms with Crippen molar-refractivity contribution in [2.24, 2.45) is 0 Å². The maximum absolute atomic E-state index is 12.4. The lowest BCUT2D eigenvalue weighted by Gasteiger charge is -2.32. The van der Waals surface area contributed by atoms with Gasteiger partial charge in [-0.2, -0.15) is 0 Å². The Morgan fingerprint density at radius 1 is 1.18 bits per heavy atom. The topological polar surface area (TPSA) is 52.6 Å². The highest BCUT2D eigenvalue weighted by Gasteiger charge is 2.19. The minimum atomic E-state index is -0.186. The molecule has 0 atom stereocenters. The fourth-order valence-corrected chi connectivity index (χ4v) is 2.23. The summed E-state index contributed by atoms with van der Waals surface area (Å²) in [5.41, 5.74) is 1.42. The van der Waals surface area contributed by atoms with Gasteiger partial charge < -0.3 is 9.80 Å². The van der Waals surface area contributed by atoms with Crippen LogP contribution in [0.4, 0.5) is 0 Å². The van der Waals surface area contributed by atoms with Crippen molar-refractivity contribution in [3.8, 4) is 12.0 Å². The first-order valence-corrected chi connectivity index (χ1v) is 8.16. The van der Waals surface area contributed by atoms with Gasteiger partial charge in [0.05, 0.1) is 5.33 Å². The van der Waals surface area contributed by atoms with E-state index in [1.54, 1.807) is 24.3 Å². The van der Waals surface area contributed by atoms with Crippen LogP contribution in [0.15, 0.2) is 24.3 Å². The second-order valence-electron chi connectivity index (χ2n) is 5.10. The maximum atomic E-state index is 12.4. The molecule has 0 unspecified atom stereocenters. The fourth-order valence-electron chi connectivity index (χ4n) is 2.09. The number of rotatable bonds is 2. The highest BCUT2D eigenvalue weighted by Crippen LogP contribution is 2.09. The summed E-state index contributed by atoms with van der Waals surface area (Å²) in [6.07, 6.45) is 0. The molecule has 1 aromatic carbocycles. The van der Waals surface area contributed by atoms with Crippen LogP contribution in [0, 0.1) is 12.0 Å². The van der Waals surface area contributed by atoms with Gasteiger partial charge in [0.15, 0.2) is 0 Å². The third kappa shape index (κ3) is 4.58. The van der Waals surface area contributed by atoms with Crippen LogP contribution in [-0.2, 0) is 4.79 Å². The van der Waals surface area contributed by atoms with Crippen LogP contribution in [0.5, 0.6) is 0 Å². The lowest BCUT2D eigenvalue weighted by Crippen LogP contribution is -2.47. The summed E-state index contributed by atoms with van der Waals surface area (Å²) in [5.74, 6) is 2.70. The Bertz CT molecular complexity index is 596. The number of hydrogen-bond acceptors (Lipinski definition) is 3. The first kappa shape index (κ1) is 16.5. The van der Waals surface area contributed by atoms with E-state index >= 15 is 0 Å². The average Bonchev–Trinajstić information content (AvgIpc) is 2.55. The number of carbonyl (C=O) groups is 2. The standard InChI is InChI=1S/C16H18BrN3O2/c1-19-8-10-20(11-9-19)16(22)14-4-2-13(3-5-14)6-7-18-15(21)12-17/h2-5H,8-12H2,1H3,(H,18,21). The number of nitrogens with zero attached hydrogens (tertiary/aromatic N) is 2. The van der Waals surface area contributed by atoms with Gasteiger partial charge in [-0.25, -0.2) is 0 Å². The highest BCUT2D eigenvalue weighted by atomic mass is 79.9. The molecule has 2 rings (SSSR count). The fraction of sp³-hybridized carbons (Fsp3) is 0.375. The molecule has 1 aliphatic rings. The van der Waals surface area contributed by atoms with E-state index < -0.39 is 0 Å². The molecule has 0 bridgehead atoms. The van der Waals surface area contributed by atoms with Crippen LogP contribution in [0.1, 0.15) is 15.9 Å². The van der Waals surface area contributed by atoms with E-state index in [9.17, 15) is 9.59 Å². The van der Waals surface area contributed by atoms with Crippen LogP contribution < -0.4 is 5.32 Å². The molecule has 1 fully saturated rings. The Balaban J connectivity index is 1.96. The summed E-state index contributed by atoms with van der Waals surface area (Å²) < 4.78 is 0. The molecule has 2 amide bonds. The van der Waals surface area contributed by atoms with Crippen molar-refractivity contribution in [1.82, 2.24) is 15.1 Å². The Morgan fingerprint density at radius 3 is 2.41 bits per heavy atom. The lowest BCUT2D eigenvalue weighted by atomic mass is 10.1. The molecular weight excluding hydrogens is 346 g/mol. The van der Waals surface area contributed by atoms with Gasteiger partial charge in [0, 0.05) is 43.4 Å². The van der Waals surface area contributed by atoms with Crippen molar-refractivity contribution in [2.45, 2.75) is 0 Å². The Kier molecular flexibility index (Phi) is 5.99. The first-order valence-electron chi connectivity index (χ1n) is 7.04. The van der Waals surface area contributed by atoms with Crippen molar-refractivity contribution in [3.63, 3.8) is 0 Å². The normalized spacial score (nSPS) is 14.9. The summed E-state index contributed by atoms with van der Waals surface area (Å²) in [5, 5.41) is 2.67. The Hall–Kier alpha value is -1.84.